The third kappa shape index (κ3) is 4.73. The highest BCUT2D eigenvalue weighted by molar-refractivity contribution is 5.97. The minimum atomic E-state index is -1.13. The predicted octanol–water partition coefficient (Wildman–Crippen LogP) is 3.04. The molecule has 1 atom stereocenters. The molecule has 1 amide bonds. The molecule has 0 radical (unpaired) electrons. The molecule has 2 aromatic carbocycles. The number of nitrogens with one attached hydrogen (secondary N) is 1. The number of aliphatic carboxylic acids is 1. The second-order valence-corrected chi connectivity index (χ2v) is 5.18. The van der Waals surface area contributed by atoms with Crippen molar-refractivity contribution in [2.75, 3.05) is 13.2 Å². The van der Waals surface area contributed by atoms with Crippen LogP contribution < -0.4 is 14.8 Å². The van der Waals surface area contributed by atoms with Gasteiger partial charge in [0.25, 0.3) is 5.91 Å². The largest absolute Gasteiger partial charge is 0.490 e. The molecular formula is C19H21NO5. The highest BCUT2D eigenvalue weighted by Crippen LogP contribution is 2.28. The van der Waals surface area contributed by atoms with E-state index in [-0.39, 0.29) is 0 Å². The molecule has 2 rings (SSSR count). The first-order chi connectivity index (χ1) is 12.1. The van der Waals surface area contributed by atoms with Crippen molar-refractivity contribution in [1.29, 1.82) is 0 Å². The fourth-order valence-corrected chi connectivity index (χ4v) is 2.34. The summed E-state index contributed by atoms with van der Waals surface area (Å²) in [4.78, 5) is 24.0. The van der Waals surface area contributed by atoms with Gasteiger partial charge in [-0.1, -0.05) is 30.3 Å². The van der Waals surface area contributed by atoms with Crippen LogP contribution in [0.5, 0.6) is 11.5 Å². The van der Waals surface area contributed by atoms with Crippen LogP contribution in [0.2, 0.25) is 0 Å². The van der Waals surface area contributed by atoms with Crippen molar-refractivity contribution in [2.45, 2.75) is 19.9 Å². The van der Waals surface area contributed by atoms with E-state index in [9.17, 15) is 14.7 Å². The fraction of sp³-hybridized carbons (Fsp3) is 0.263. The summed E-state index contributed by atoms with van der Waals surface area (Å²) >= 11 is 0. The summed E-state index contributed by atoms with van der Waals surface area (Å²) in [5.74, 6) is -0.641. The van der Waals surface area contributed by atoms with E-state index >= 15 is 0 Å². The number of ether oxygens (including phenoxy) is 2. The van der Waals surface area contributed by atoms with Gasteiger partial charge in [-0.25, -0.2) is 4.79 Å². The van der Waals surface area contributed by atoms with Crippen molar-refractivity contribution < 1.29 is 24.2 Å². The lowest BCUT2D eigenvalue weighted by Crippen LogP contribution is -2.33. The quantitative estimate of drug-likeness (QED) is 0.769. The summed E-state index contributed by atoms with van der Waals surface area (Å²) in [7, 11) is 0. The summed E-state index contributed by atoms with van der Waals surface area (Å²) in [6, 6.07) is 12.2. The number of benzene rings is 2. The molecule has 0 saturated carbocycles. The monoisotopic (exact) mass is 343 g/mol. The molecule has 0 fully saturated rings. The zero-order valence-electron chi connectivity index (χ0n) is 14.2. The van der Waals surface area contributed by atoms with Crippen molar-refractivity contribution in [2.24, 2.45) is 0 Å². The second-order valence-electron chi connectivity index (χ2n) is 5.18. The molecule has 132 valence electrons. The molecule has 0 aliphatic heterocycles. The molecule has 0 spiro atoms. The van der Waals surface area contributed by atoms with E-state index in [0.717, 1.165) is 0 Å². The molecule has 0 bridgehead atoms. The standard InChI is InChI=1S/C19H21NO5/c1-3-24-15-11-10-14(12-16(15)25-4-2)18(21)20-17(19(22)23)13-8-6-5-7-9-13/h5-12,17H,3-4H2,1-2H3,(H,20,21)(H,22,23)/t17-/m0/s1. The first-order valence-electron chi connectivity index (χ1n) is 8.05. The van der Waals surface area contributed by atoms with Gasteiger partial charge < -0.3 is 19.9 Å². The van der Waals surface area contributed by atoms with E-state index in [4.69, 9.17) is 9.47 Å². The fourth-order valence-electron chi connectivity index (χ4n) is 2.34. The highest BCUT2D eigenvalue weighted by Gasteiger charge is 2.23. The van der Waals surface area contributed by atoms with Crippen LogP contribution in [0.4, 0.5) is 0 Å². The maximum absolute atomic E-state index is 12.5. The number of rotatable bonds is 8. The van der Waals surface area contributed by atoms with Crippen LogP contribution in [0.3, 0.4) is 0 Å². The third-order valence-electron chi connectivity index (χ3n) is 3.46. The number of carbonyl (C=O) groups excluding carboxylic acids is 1. The minimum absolute atomic E-state index is 0.300. The lowest BCUT2D eigenvalue weighted by Gasteiger charge is -2.16. The summed E-state index contributed by atoms with van der Waals surface area (Å²) in [5, 5.41) is 12.0. The zero-order chi connectivity index (χ0) is 18.2. The van der Waals surface area contributed by atoms with Crippen LogP contribution in [0.15, 0.2) is 48.5 Å². The minimum Gasteiger partial charge on any atom is -0.490 e. The number of carboxylic acid groups (broad SMARTS) is 1. The van der Waals surface area contributed by atoms with Gasteiger partial charge in [0.05, 0.1) is 13.2 Å². The van der Waals surface area contributed by atoms with Crippen molar-refractivity contribution >= 4 is 11.9 Å². The number of carbonyl (C=O) groups is 2. The zero-order valence-corrected chi connectivity index (χ0v) is 14.2. The van der Waals surface area contributed by atoms with Gasteiger partial charge in [-0.2, -0.15) is 0 Å². The van der Waals surface area contributed by atoms with E-state index in [1.165, 1.54) is 0 Å². The molecule has 2 N–H and O–H groups in total. The second kappa shape index (κ2) is 8.73. The summed E-state index contributed by atoms with van der Waals surface area (Å²) < 4.78 is 11.0. The molecular weight excluding hydrogens is 322 g/mol. The van der Waals surface area contributed by atoms with Crippen LogP contribution in [0, 0.1) is 0 Å². The van der Waals surface area contributed by atoms with Crippen LogP contribution in [0.25, 0.3) is 0 Å². The number of hydrogen-bond donors (Lipinski definition) is 2. The Hall–Kier alpha value is -3.02. The molecule has 0 unspecified atom stereocenters. The Balaban J connectivity index is 2.24. The Morgan fingerprint density at radius 3 is 2.24 bits per heavy atom. The van der Waals surface area contributed by atoms with Gasteiger partial charge in [0.1, 0.15) is 0 Å². The highest BCUT2D eigenvalue weighted by atomic mass is 16.5. The smallest absolute Gasteiger partial charge is 0.330 e. The van der Waals surface area contributed by atoms with E-state index < -0.39 is 17.9 Å². The van der Waals surface area contributed by atoms with Crippen molar-refractivity contribution in [3.8, 4) is 11.5 Å². The van der Waals surface area contributed by atoms with Gasteiger partial charge in [0.15, 0.2) is 17.5 Å². The van der Waals surface area contributed by atoms with Gasteiger partial charge in [0.2, 0.25) is 0 Å². The van der Waals surface area contributed by atoms with Gasteiger partial charge in [0, 0.05) is 5.56 Å². The summed E-state index contributed by atoms with van der Waals surface area (Å²) in [5.41, 5.74) is 0.799. The van der Waals surface area contributed by atoms with E-state index in [0.29, 0.717) is 35.8 Å². The topological polar surface area (TPSA) is 84.9 Å². The summed E-state index contributed by atoms with van der Waals surface area (Å²) in [6.45, 7) is 4.58. The van der Waals surface area contributed by atoms with Gasteiger partial charge in [-0.15, -0.1) is 0 Å². The molecule has 0 aliphatic carbocycles. The Morgan fingerprint density at radius 2 is 1.64 bits per heavy atom. The predicted molar refractivity (Wildman–Crippen MR) is 93.1 cm³/mol. The first kappa shape index (κ1) is 18.3. The SMILES string of the molecule is CCOc1ccc(C(=O)N[C@H](C(=O)O)c2ccccc2)cc1OCC. The van der Waals surface area contributed by atoms with Crippen molar-refractivity contribution in [1.82, 2.24) is 5.32 Å². The lowest BCUT2D eigenvalue weighted by molar-refractivity contribution is -0.139. The van der Waals surface area contributed by atoms with E-state index in [1.807, 2.05) is 13.8 Å². The van der Waals surface area contributed by atoms with Gasteiger partial charge >= 0.3 is 5.97 Å². The molecule has 6 nitrogen and oxygen atoms in total. The van der Waals surface area contributed by atoms with Crippen molar-refractivity contribution in [3.63, 3.8) is 0 Å². The van der Waals surface area contributed by atoms with Crippen molar-refractivity contribution in [3.05, 3.63) is 59.7 Å². The molecule has 25 heavy (non-hydrogen) atoms. The van der Waals surface area contributed by atoms with Crippen LogP contribution >= 0.6 is 0 Å². The Morgan fingerprint density at radius 1 is 1.00 bits per heavy atom. The molecule has 0 heterocycles. The number of hydrogen-bond acceptors (Lipinski definition) is 4. The Labute approximate surface area is 146 Å². The first-order valence-corrected chi connectivity index (χ1v) is 8.05. The molecule has 0 aromatic heterocycles. The Bertz CT molecular complexity index is 730. The van der Waals surface area contributed by atoms with E-state index in [1.54, 1.807) is 48.5 Å². The maximum atomic E-state index is 12.5. The molecule has 0 saturated heterocycles. The molecule has 0 aliphatic rings. The number of amides is 1. The average Bonchev–Trinajstić information content (AvgIpc) is 2.61. The normalized spacial score (nSPS) is 11.4. The van der Waals surface area contributed by atoms with Crippen LogP contribution in [-0.4, -0.2) is 30.2 Å². The summed E-state index contributed by atoms with van der Waals surface area (Å²) in [6.07, 6.45) is 0. The molecule has 2 aromatic rings. The maximum Gasteiger partial charge on any atom is 0.330 e. The third-order valence-corrected chi connectivity index (χ3v) is 3.46. The average molecular weight is 343 g/mol. The van der Waals surface area contributed by atoms with E-state index in [2.05, 4.69) is 5.32 Å². The lowest BCUT2D eigenvalue weighted by atomic mass is 10.1. The van der Waals surface area contributed by atoms with Crippen LogP contribution in [-0.2, 0) is 4.79 Å². The van der Waals surface area contributed by atoms with Gasteiger partial charge in [-0.3, -0.25) is 4.79 Å². The Kier molecular flexibility index (Phi) is 6.39. The number of carboxylic acids is 1. The van der Waals surface area contributed by atoms with Crippen LogP contribution in [0.1, 0.15) is 35.8 Å². The molecule has 6 heteroatoms. The van der Waals surface area contributed by atoms with Gasteiger partial charge in [-0.05, 0) is 37.6 Å².